The van der Waals surface area contributed by atoms with Crippen LogP contribution >= 0.6 is 0 Å². The van der Waals surface area contributed by atoms with Crippen molar-refractivity contribution >= 4 is 21.6 Å². The highest BCUT2D eigenvalue weighted by molar-refractivity contribution is 7.92. The number of carbonyl (C=O) groups is 1. The van der Waals surface area contributed by atoms with Gasteiger partial charge in [0.2, 0.25) is 10.0 Å². The van der Waals surface area contributed by atoms with Crippen LogP contribution in [0.3, 0.4) is 0 Å². The molecule has 4 rings (SSSR count). The standard InChI is InChI=1S/C22H26N2O3S/c1-28(26,27)24-14-11-17-15-18(9-10-20(17)24)21(25)23-16-22(12-5-6-13-22)19-7-3-2-4-8-19/h2-4,7-10,15H,5-6,11-14,16H2,1H3,(H,23,25). The molecule has 2 aromatic rings. The first-order valence-corrected chi connectivity index (χ1v) is 11.7. The van der Waals surface area contributed by atoms with Gasteiger partial charge in [0.1, 0.15) is 0 Å². The van der Waals surface area contributed by atoms with E-state index in [1.165, 1.54) is 29.0 Å². The highest BCUT2D eigenvalue weighted by atomic mass is 32.2. The van der Waals surface area contributed by atoms with Gasteiger partial charge in [-0.3, -0.25) is 9.10 Å². The minimum atomic E-state index is -3.28. The van der Waals surface area contributed by atoms with Gasteiger partial charge in [0.25, 0.3) is 5.91 Å². The van der Waals surface area contributed by atoms with E-state index in [0.717, 1.165) is 18.4 Å². The molecule has 1 aliphatic heterocycles. The van der Waals surface area contributed by atoms with Crippen molar-refractivity contribution in [2.75, 3.05) is 23.7 Å². The van der Waals surface area contributed by atoms with E-state index in [4.69, 9.17) is 0 Å². The van der Waals surface area contributed by atoms with E-state index in [1.54, 1.807) is 12.1 Å². The second-order valence-corrected chi connectivity index (χ2v) is 9.87. The maximum Gasteiger partial charge on any atom is 0.251 e. The van der Waals surface area contributed by atoms with Crippen molar-refractivity contribution in [3.05, 3.63) is 65.2 Å². The maximum absolute atomic E-state index is 12.8. The van der Waals surface area contributed by atoms with Crippen LogP contribution in [0.4, 0.5) is 5.69 Å². The van der Waals surface area contributed by atoms with Crippen LogP contribution < -0.4 is 9.62 Å². The van der Waals surface area contributed by atoms with E-state index in [9.17, 15) is 13.2 Å². The van der Waals surface area contributed by atoms with Crippen molar-refractivity contribution in [3.63, 3.8) is 0 Å². The van der Waals surface area contributed by atoms with Gasteiger partial charge in [0.15, 0.2) is 0 Å². The van der Waals surface area contributed by atoms with E-state index in [1.807, 2.05) is 12.1 Å². The molecule has 148 valence electrons. The number of fused-ring (bicyclic) bond motifs is 1. The van der Waals surface area contributed by atoms with Crippen LogP contribution in [-0.4, -0.2) is 33.7 Å². The summed E-state index contributed by atoms with van der Waals surface area (Å²) in [6, 6.07) is 15.8. The first-order valence-electron chi connectivity index (χ1n) is 9.83. The lowest BCUT2D eigenvalue weighted by Gasteiger charge is -2.30. The number of hydrogen-bond donors (Lipinski definition) is 1. The molecule has 1 heterocycles. The molecule has 0 spiro atoms. The molecule has 1 fully saturated rings. The molecular weight excluding hydrogens is 372 g/mol. The zero-order valence-corrected chi connectivity index (χ0v) is 17.0. The van der Waals surface area contributed by atoms with Gasteiger partial charge in [-0.2, -0.15) is 0 Å². The van der Waals surface area contributed by atoms with Crippen LogP contribution in [0.1, 0.15) is 47.2 Å². The summed E-state index contributed by atoms with van der Waals surface area (Å²) >= 11 is 0. The highest BCUT2D eigenvalue weighted by Crippen LogP contribution is 2.40. The molecule has 2 aliphatic rings. The van der Waals surface area contributed by atoms with Gasteiger partial charge in [0, 0.05) is 24.1 Å². The predicted octanol–water partition coefficient (Wildman–Crippen LogP) is 3.25. The maximum atomic E-state index is 12.8. The van der Waals surface area contributed by atoms with Crippen LogP contribution in [-0.2, 0) is 21.9 Å². The van der Waals surface area contributed by atoms with Crippen LogP contribution in [0.5, 0.6) is 0 Å². The zero-order chi connectivity index (χ0) is 19.8. The number of hydrogen-bond acceptors (Lipinski definition) is 3. The molecule has 0 bridgehead atoms. The lowest BCUT2D eigenvalue weighted by molar-refractivity contribution is 0.0943. The van der Waals surface area contributed by atoms with Crippen molar-refractivity contribution in [1.82, 2.24) is 5.32 Å². The Balaban J connectivity index is 1.50. The van der Waals surface area contributed by atoms with E-state index in [0.29, 0.717) is 30.8 Å². The molecule has 1 amide bonds. The van der Waals surface area contributed by atoms with Gasteiger partial charge in [-0.15, -0.1) is 0 Å². The second-order valence-electron chi connectivity index (χ2n) is 7.96. The van der Waals surface area contributed by atoms with Gasteiger partial charge >= 0.3 is 0 Å². The lowest BCUT2D eigenvalue weighted by Crippen LogP contribution is -2.39. The second kappa shape index (κ2) is 7.24. The molecular formula is C22H26N2O3S. The number of rotatable bonds is 5. The number of nitrogens with zero attached hydrogens (tertiary/aromatic N) is 1. The Morgan fingerprint density at radius 2 is 1.82 bits per heavy atom. The van der Waals surface area contributed by atoms with Gasteiger partial charge in [0.05, 0.1) is 11.9 Å². The Kier molecular flexibility index (Phi) is 4.91. The van der Waals surface area contributed by atoms with Crippen molar-refractivity contribution in [1.29, 1.82) is 0 Å². The fourth-order valence-corrected chi connectivity index (χ4v) is 5.58. The van der Waals surface area contributed by atoms with Gasteiger partial charge in [-0.1, -0.05) is 43.2 Å². The summed E-state index contributed by atoms with van der Waals surface area (Å²) in [7, 11) is -3.28. The lowest BCUT2D eigenvalue weighted by atomic mass is 9.79. The molecule has 0 atom stereocenters. The summed E-state index contributed by atoms with van der Waals surface area (Å²) in [6.07, 6.45) is 6.40. The number of benzene rings is 2. The number of sulfonamides is 1. The summed E-state index contributed by atoms with van der Waals surface area (Å²) in [5.74, 6) is -0.0946. The predicted molar refractivity (Wildman–Crippen MR) is 111 cm³/mol. The summed E-state index contributed by atoms with van der Waals surface area (Å²) in [6.45, 7) is 1.07. The Bertz CT molecular complexity index is 980. The van der Waals surface area contributed by atoms with E-state index < -0.39 is 10.0 Å². The average molecular weight is 399 g/mol. The topological polar surface area (TPSA) is 66.5 Å². The van der Waals surface area contributed by atoms with Gasteiger partial charge in [-0.05, 0) is 48.6 Å². The summed E-state index contributed by atoms with van der Waals surface area (Å²) in [5.41, 5.74) is 3.51. The molecule has 1 saturated carbocycles. The van der Waals surface area contributed by atoms with Crippen LogP contribution in [0.15, 0.2) is 48.5 Å². The molecule has 28 heavy (non-hydrogen) atoms. The molecule has 0 unspecified atom stereocenters. The summed E-state index contributed by atoms with van der Waals surface area (Å²) in [5, 5.41) is 3.14. The molecule has 1 aliphatic carbocycles. The van der Waals surface area contributed by atoms with Crippen LogP contribution in [0.25, 0.3) is 0 Å². The smallest absolute Gasteiger partial charge is 0.251 e. The largest absolute Gasteiger partial charge is 0.351 e. The van der Waals surface area contributed by atoms with Gasteiger partial charge in [-0.25, -0.2) is 8.42 Å². The summed E-state index contributed by atoms with van der Waals surface area (Å²) < 4.78 is 25.2. The van der Waals surface area contributed by atoms with E-state index in [2.05, 4.69) is 29.6 Å². The number of nitrogens with one attached hydrogen (secondary N) is 1. The fraction of sp³-hybridized carbons (Fsp3) is 0.409. The monoisotopic (exact) mass is 398 g/mol. The normalized spacial score (nSPS) is 18.1. The quantitative estimate of drug-likeness (QED) is 0.841. The van der Waals surface area contributed by atoms with Crippen LogP contribution in [0.2, 0.25) is 0 Å². The molecule has 2 aromatic carbocycles. The zero-order valence-electron chi connectivity index (χ0n) is 16.1. The van der Waals surface area contributed by atoms with E-state index >= 15 is 0 Å². The molecule has 5 nitrogen and oxygen atoms in total. The average Bonchev–Trinajstić information content (AvgIpc) is 3.34. The third-order valence-electron chi connectivity index (χ3n) is 6.13. The Morgan fingerprint density at radius 1 is 1.11 bits per heavy atom. The van der Waals surface area contributed by atoms with Crippen molar-refractivity contribution in [3.8, 4) is 0 Å². The minimum absolute atomic E-state index is 0.0146. The number of amides is 1. The number of carbonyl (C=O) groups excluding carboxylic acids is 1. The Labute approximate surface area is 166 Å². The van der Waals surface area contributed by atoms with Crippen molar-refractivity contribution in [2.24, 2.45) is 0 Å². The van der Waals surface area contributed by atoms with Crippen molar-refractivity contribution < 1.29 is 13.2 Å². The fourth-order valence-electron chi connectivity index (χ4n) is 4.62. The van der Waals surface area contributed by atoms with Crippen LogP contribution in [0, 0.1) is 0 Å². The molecule has 0 aromatic heterocycles. The highest BCUT2D eigenvalue weighted by Gasteiger charge is 2.36. The molecule has 1 N–H and O–H groups in total. The van der Waals surface area contributed by atoms with Crippen molar-refractivity contribution in [2.45, 2.75) is 37.5 Å². The SMILES string of the molecule is CS(=O)(=O)N1CCc2cc(C(=O)NCC3(c4ccccc4)CCCC3)ccc21. The Hall–Kier alpha value is -2.34. The number of anilines is 1. The molecule has 0 saturated heterocycles. The first-order chi connectivity index (χ1) is 13.4. The van der Waals surface area contributed by atoms with Gasteiger partial charge < -0.3 is 5.32 Å². The first kappa shape index (κ1) is 19.0. The minimum Gasteiger partial charge on any atom is -0.351 e. The Morgan fingerprint density at radius 3 is 2.50 bits per heavy atom. The van der Waals surface area contributed by atoms with E-state index in [-0.39, 0.29) is 11.3 Å². The third-order valence-corrected chi connectivity index (χ3v) is 7.31. The third kappa shape index (κ3) is 3.53. The molecule has 0 radical (unpaired) electrons. The molecule has 6 heteroatoms. The summed E-state index contributed by atoms with van der Waals surface area (Å²) in [4.78, 5) is 12.8.